The van der Waals surface area contributed by atoms with Crippen LogP contribution in [0.4, 0.5) is 4.79 Å². The third-order valence-electron chi connectivity index (χ3n) is 5.71. The molecule has 0 radical (unpaired) electrons. The smallest absolute Gasteiger partial charge is 0.319 e. The number of hydrogen-bond acceptors (Lipinski definition) is 3. The maximum absolute atomic E-state index is 13.0. The monoisotopic (exact) mass is 364 g/mol. The van der Waals surface area contributed by atoms with Crippen molar-refractivity contribution in [3.63, 3.8) is 0 Å². The molecule has 1 atom stereocenters. The molecule has 1 N–H and O–H groups in total. The highest BCUT2D eigenvalue weighted by Crippen LogP contribution is 2.29. The average Bonchev–Trinajstić information content (AvgIpc) is 2.87. The van der Waals surface area contributed by atoms with Gasteiger partial charge in [0.2, 0.25) is 0 Å². The molecule has 0 bridgehead atoms. The van der Waals surface area contributed by atoms with E-state index in [1.807, 2.05) is 52.0 Å². The Balaban J connectivity index is 1.90. The second-order valence-corrected chi connectivity index (χ2v) is 7.35. The number of aryl methyl sites for hydroxylation is 1. The van der Waals surface area contributed by atoms with Crippen molar-refractivity contribution in [3.05, 3.63) is 69.8 Å². The zero-order valence-corrected chi connectivity index (χ0v) is 16.3. The molecule has 1 heterocycles. The van der Waals surface area contributed by atoms with Gasteiger partial charge < -0.3 is 5.32 Å². The summed E-state index contributed by atoms with van der Waals surface area (Å²) in [6.45, 7) is 9.26. The lowest BCUT2D eigenvalue weighted by Crippen LogP contribution is -2.41. The van der Waals surface area contributed by atoms with Gasteiger partial charge in [-0.15, -0.1) is 0 Å². The summed E-state index contributed by atoms with van der Waals surface area (Å²) >= 11 is 0. The van der Waals surface area contributed by atoms with Crippen LogP contribution in [0.3, 0.4) is 0 Å². The highest BCUT2D eigenvalue weighted by atomic mass is 16.2. The summed E-state index contributed by atoms with van der Waals surface area (Å²) in [5, 5.41) is 2.73. The number of nitrogens with zero attached hydrogens (tertiary/aromatic N) is 1. The van der Waals surface area contributed by atoms with E-state index in [2.05, 4.69) is 5.32 Å². The number of amides is 3. The Bertz CT molecular complexity index is 950. The molecule has 5 heteroatoms. The van der Waals surface area contributed by atoms with Crippen molar-refractivity contribution in [2.75, 3.05) is 6.54 Å². The third-order valence-corrected chi connectivity index (χ3v) is 5.71. The van der Waals surface area contributed by atoms with Gasteiger partial charge in [0.25, 0.3) is 5.91 Å². The van der Waals surface area contributed by atoms with Crippen LogP contribution in [-0.4, -0.2) is 29.2 Å². The van der Waals surface area contributed by atoms with E-state index in [0.717, 1.165) is 27.2 Å². The number of urea groups is 1. The van der Waals surface area contributed by atoms with E-state index in [1.54, 1.807) is 19.1 Å². The maximum atomic E-state index is 13.0. The summed E-state index contributed by atoms with van der Waals surface area (Å²) < 4.78 is 0. The number of imide groups is 1. The van der Waals surface area contributed by atoms with Gasteiger partial charge in [0.05, 0.1) is 6.54 Å². The van der Waals surface area contributed by atoms with Gasteiger partial charge in [-0.3, -0.25) is 14.5 Å². The zero-order chi connectivity index (χ0) is 19.9. The molecule has 1 aliphatic rings. The number of hydrogen-bond donors (Lipinski definition) is 1. The van der Waals surface area contributed by atoms with Crippen molar-refractivity contribution < 1.29 is 14.4 Å². The van der Waals surface area contributed by atoms with Crippen LogP contribution < -0.4 is 5.32 Å². The summed E-state index contributed by atoms with van der Waals surface area (Å²) in [4.78, 5) is 39.3. The van der Waals surface area contributed by atoms with Gasteiger partial charge >= 0.3 is 6.03 Å². The van der Waals surface area contributed by atoms with Crippen LogP contribution in [0, 0.1) is 27.7 Å². The summed E-state index contributed by atoms with van der Waals surface area (Å²) in [6.07, 6.45) is 0. The fourth-order valence-corrected chi connectivity index (χ4v) is 3.54. The molecule has 140 valence electrons. The Morgan fingerprint density at radius 3 is 2.26 bits per heavy atom. The molecule has 1 fully saturated rings. The molecule has 0 aromatic heterocycles. The molecule has 1 aliphatic heterocycles. The summed E-state index contributed by atoms with van der Waals surface area (Å²) in [6, 6.07) is 10.4. The second-order valence-electron chi connectivity index (χ2n) is 7.35. The van der Waals surface area contributed by atoms with Gasteiger partial charge in [-0.25, -0.2) is 4.79 Å². The Kier molecular flexibility index (Phi) is 4.64. The minimum absolute atomic E-state index is 0.237. The molecule has 0 saturated carbocycles. The molecular weight excluding hydrogens is 340 g/mol. The lowest BCUT2D eigenvalue weighted by molar-refractivity contribution is -0.130. The topological polar surface area (TPSA) is 66.5 Å². The number of carbonyl (C=O) groups excluding carboxylic acids is 3. The predicted molar refractivity (Wildman–Crippen MR) is 104 cm³/mol. The van der Waals surface area contributed by atoms with E-state index in [-0.39, 0.29) is 12.3 Å². The number of Topliss-reactive ketones (excluding diaryl/α,β-unsaturated/α-hetero) is 1. The summed E-state index contributed by atoms with van der Waals surface area (Å²) in [7, 11) is 0. The molecule has 1 saturated heterocycles. The van der Waals surface area contributed by atoms with E-state index in [4.69, 9.17) is 0 Å². The van der Waals surface area contributed by atoms with Crippen molar-refractivity contribution in [3.8, 4) is 0 Å². The number of benzene rings is 2. The maximum Gasteiger partial charge on any atom is 0.325 e. The zero-order valence-electron chi connectivity index (χ0n) is 16.3. The highest BCUT2D eigenvalue weighted by Gasteiger charge is 2.49. The molecule has 0 aliphatic carbocycles. The molecule has 27 heavy (non-hydrogen) atoms. The van der Waals surface area contributed by atoms with Crippen LogP contribution in [-0.2, 0) is 10.3 Å². The molecular formula is C22H24N2O3. The minimum atomic E-state index is -1.16. The summed E-state index contributed by atoms with van der Waals surface area (Å²) in [5.41, 5.74) is 4.21. The Morgan fingerprint density at radius 1 is 1.00 bits per heavy atom. The molecule has 5 nitrogen and oxygen atoms in total. The van der Waals surface area contributed by atoms with Gasteiger partial charge in [-0.2, -0.15) is 0 Å². The second kappa shape index (κ2) is 6.65. The molecule has 3 amide bonds. The van der Waals surface area contributed by atoms with Gasteiger partial charge in [-0.05, 0) is 68.5 Å². The standard InChI is InChI=1S/C22H24N2O3/c1-13-11-18(16(4)15(3)14(13)2)19(25)12-24-20(26)22(5,23-21(24)27)17-9-7-6-8-10-17/h6-11H,12H2,1-5H3,(H,23,27). The van der Waals surface area contributed by atoms with Gasteiger partial charge in [0.1, 0.15) is 5.54 Å². The quantitative estimate of drug-likeness (QED) is 0.666. The van der Waals surface area contributed by atoms with E-state index >= 15 is 0 Å². The molecule has 2 aromatic rings. The Hall–Kier alpha value is -2.95. The number of carbonyl (C=O) groups is 3. The normalized spacial score (nSPS) is 19.4. The SMILES string of the molecule is Cc1cc(C(=O)CN2C(=O)NC(C)(c3ccccc3)C2=O)c(C)c(C)c1C. The fourth-order valence-electron chi connectivity index (χ4n) is 3.54. The lowest BCUT2D eigenvalue weighted by Gasteiger charge is -2.22. The molecule has 1 unspecified atom stereocenters. The van der Waals surface area contributed by atoms with Crippen molar-refractivity contribution in [2.45, 2.75) is 40.2 Å². The molecule has 2 aromatic carbocycles. The van der Waals surface area contributed by atoms with Crippen LogP contribution in [0.25, 0.3) is 0 Å². The first-order chi connectivity index (χ1) is 12.7. The summed E-state index contributed by atoms with van der Waals surface area (Å²) in [5.74, 6) is -0.648. The van der Waals surface area contributed by atoms with Gasteiger partial charge in [0.15, 0.2) is 5.78 Å². The molecule has 0 spiro atoms. The largest absolute Gasteiger partial charge is 0.325 e. The minimum Gasteiger partial charge on any atom is -0.319 e. The van der Waals surface area contributed by atoms with E-state index in [9.17, 15) is 14.4 Å². The fraction of sp³-hybridized carbons (Fsp3) is 0.318. The molecule has 3 rings (SSSR count). The van der Waals surface area contributed by atoms with Gasteiger partial charge in [-0.1, -0.05) is 30.3 Å². The number of nitrogens with one attached hydrogen (secondary N) is 1. The van der Waals surface area contributed by atoms with E-state index in [1.165, 1.54) is 0 Å². The lowest BCUT2D eigenvalue weighted by atomic mass is 9.91. The predicted octanol–water partition coefficient (Wildman–Crippen LogP) is 3.57. The Morgan fingerprint density at radius 2 is 1.63 bits per heavy atom. The first-order valence-corrected chi connectivity index (χ1v) is 8.97. The van der Waals surface area contributed by atoms with Crippen LogP contribution in [0.15, 0.2) is 36.4 Å². The van der Waals surface area contributed by atoms with Crippen LogP contribution in [0.1, 0.15) is 45.1 Å². The van der Waals surface area contributed by atoms with Crippen molar-refractivity contribution in [2.24, 2.45) is 0 Å². The first kappa shape index (κ1) is 18.8. The third kappa shape index (κ3) is 3.03. The number of rotatable bonds is 4. The van der Waals surface area contributed by atoms with Crippen LogP contribution in [0.2, 0.25) is 0 Å². The van der Waals surface area contributed by atoms with E-state index in [0.29, 0.717) is 11.1 Å². The Labute approximate surface area is 159 Å². The van der Waals surface area contributed by atoms with Crippen LogP contribution in [0.5, 0.6) is 0 Å². The van der Waals surface area contributed by atoms with Crippen molar-refractivity contribution >= 4 is 17.7 Å². The van der Waals surface area contributed by atoms with Crippen molar-refractivity contribution in [1.82, 2.24) is 10.2 Å². The van der Waals surface area contributed by atoms with Crippen LogP contribution >= 0.6 is 0 Å². The van der Waals surface area contributed by atoms with E-state index < -0.39 is 17.5 Å². The highest BCUT2D eigenvalue weighted by molar-refractivity contribution is 6.11. The van der Waals surface area contributed by atoms with Gasteiger partial charge in [0, 0.05) is 5.56 Å². The number of ketones is 1. The van der Waals surface area contributed by atoms with Crippen molar-refractivity contribution in [1.29, 1.82) is 0 Å². The first-order valence-electron chi connectivity index (χ1n) is 8.97. The average molecular weight is 364 g/mol.